The number of carbonyl (C=O) groups is 1. The number of pyridine rings is 1. The Labute approximate surface area is 182 Å². The van der Waals surface area contributed by atoms with Crippen LogP contribution in [0.4, 0.5) is 17.5 Å². The number of nitrogens with zero attached hydrogens (tertiary/aromatic N) is 5. The zero-order valence-corrected chi connectivity index (χ0v) is 17.7. The smallest absolute Gasteiger partial charge is 0.251 e. The molecular weight excluding hydrogens is 390 g/mol. The van der Waals surface area contributed by atoms with Crippen LogP contribution in [0.3, 0.4) is 0 Å². The van der Waals surface area contributed by atoms with E-state index in [1.165, 1.54) is 0 Å². The van der Waals surface area contributed by atoms with Gasteiger partial charge in [0.25, 0.3) is 5.91 Å². The minimum Gasteiger partial charge on any atom is -0.355 e. The van der Waals surface area contributed by atoms with Crippen molar-refractivity contribution in [3.8, 4) is 0 Å². The molecule has 0 atom stereocenters. The third-order valence-electron chi connectivity index (χ3n) is 5.25. The fourth-order valence-corrected chi connectivity index (χ4v) is 3.50. The summed E-state index contributed by atoms with van der Waals surface area (Å²) in [6, 6.07) is 13.1. The molecule has 0 bridgehead atoms. The average Bonchev–Trinajstić information content (AvgIpc) is 3.03. The van der Waals surface area contributed by atoms with Gasteiger partial charge in [0, 0.05) is 56.0 Å². The van der Waals surface area contributed by atoms with Gasteiger partial charge < -0.3 is 20.4 Å². The first-order chi connectivity index (χ1) is 15.2. The summed E-state index contributed by atoms with van der Waals surface area (Å²) >= 11 is 0. The molecule has 1 fully saturated rings. The summed E-state index contributed by atoms with van der Waals surface area (Å²) in [5.74, 6) is 1.34. The molecule has 0 aliphatic carbocycles. The van der Waals surface area contributed by atoms with Gasteiger partial charge in [-0.05, 0) is 55.9 Å². The number of carbonyl (C=O) groups excluding carboxylic acids is 1. The number of likely N-dealkylation sites (N-methyl/N-ethyl adjacent to an activating group) is 1. The Bertz CT molecular complexity index is 994. The summed E-state index contributed by atoms with van der Waals surface area (Å²) in [5, 5.41) is 6.06. The maximum Gasteiger partial charge on any atom is 0.251 e. The van der Waals surface area contributed by atoms with E-state index in [4.69, 9.17) is 0 Å². The highest BCUT2D eigenvalue weighted by Crippen LogP contribution is 2.16. The SMILES string of the molecule is CN1CCCN(c2ccc(CNC(=O)c3cccc(Nc4ncccn4)c3)cn2)CC1. The molecule has 31 heavy (non-hydrogen) atoms. The molecule has 2 aromatic heterocycles. The second kappa shape index (κ2) is 9.99. The van der Waals surface area contributed by atoms with Gasteiger partial charge in [-0.25, -0.2) is 15.0 Å². The van der Waals surface area contributed by atoms with Crippen molar-refractivity contribution in [3.05, 3.63) is 72.2 Å². The Morgan fingerprint density at radius 3 is 2.68 bits per heavy atom. The summed E-state index contributed by atoms with van der Waals surface area (Å²) in [4.78, 5) is 30.2. The predicted octanol–water partition coefficient (Wildman–Crippen LogP) is 2.69. The van der Waals surface area contributed by atoms with Crippen molar-refractivity contribution in [1.82, 2.24) is 25.2 Å². The molecule has 1 aromatic carbocycles. The largest absolute Gasteiger partial charge is 0.355 e. The second-order valence-electron chi connectivity index (χ2n) is 7.63. The lowest BCUT2D eigenvalue weighted by atomic mass is 10.2. The van der Waals surface area contributed by atoms with Gasteiger partial charge >= 0.3 is 0 Å². The summed E-state index contributed by atoms with van der Waals surface area (Å²) in [6.07, 6.45) is 6.31. The van der Waals surface area contributed by atoms with E-state index in [0.29, 0.717) is 18.1 Å². The molecule has 1 saturated heterocycles. The lowest BCUT2D eigenvalue weighted by Crippen LogP contribution is -2.29. The van der Waals surface area contributed by atoms with Gasteiger partial charge in [0.2, 0.25) is 5.95 Å². The number of anilines is 3. The molecule has 1 aliphatic heterocycles. The van der Waals surface area contributed by atoms with E-state index in [1.54, 1.807) is 30.6 Å². The summed E-state index contributed by atoms with van der Waals surface area (Å²) in [6.45, 7) is 4.59. The highest BCUT2D eigenvalue weighted by atomic mass is 16.1. The zero-order valence-electron chi connectivity index (χ0n) is 17.7. The normalized spacial score (nSPS) is 14.7. The Balaban J connectivity index is 1.33. The highest BCUT2D eigenvalue weighted by Gasteiger charge is 2.13. The third-order valence-corrected chi connectivity index (χ3v) is 5.25. The van der Waals surface area contributed by atoms with Crippen LogP contribution in [0, 0.1) is 0 Å². The molecule has 0 unspecified atom stereocenters. The molecule has 3 heterocycles. The van der Waals surface area contributed by atoms with E-state index < -0.39 is 0 Å². The number of nitrogens with one attached hydrogen (secondary N) is 2. The Morgan fingerprint density at radius 1 is 1.00 bits per heavy atom. The molecular formula is C23H27N7O. The summed E-state index contributed by atoms with van der Waals surface area (Å²) in [7, 11) is 2.16. The van der Waals surface area contributed by atoms with E-state index in [2.05, 4.69) is 42.4 Å². The molecule has 0 saturated carbocycles. The maximum absolute atomic E-state index is 12.6. The summed E-state index contributed by atoms with van der Waals surface area (Å²) in [5.41, 5.74) is 2.29. The number of aromatic nitrogens is 3. The van der Waals surface area contributed by atoms with Crippen LogP contribution >= 0.6 is 0 Å². The zero-order chi connectivity index (χ0) is 21.5. The fourth-order valence-electron chi connectivity index (χ4n) is 3.50. The van der Waals surface area contributed by atoms with Crippen molar-refractivity contribution in [1.29, 1.82) is 0 Å². The van der Waals surface area contributed by atoms with Gasteiger partial charge in [0.05, 0.1) is 0 Å². The first-order valence-electron chi connectivity index (χ1n) is 10.5. The van der Waals surface area contributed by atoms with Crippen LogP contribution in [0.25, 0.3) is 0 Å². The second-order valence-corrected chi connectivity index (χ2v) is 7.63. The molecule has 8 nitrogen and oxygen atoms in total. The van der Waals surface area contributed by atoms with Gasteiger partial charge in [-0.15, -0.1) is 0 Å². The molecule has 0 radical (unpaired) electrons. The number of amides is 1. The average molecular weight is 418 g/mol. The first-order valence-corrected chi connectivity index (χ1v) is 10.5. The van der Waals surface area contributed by atoms with E-state index in [9.17, 15) is 4.79 Å². The topological polar surface area (TPSA) is 86.3 Å². The number of rotatable bonds is 6. The monoisotopic (exact) mass is 417 g/mol. The quantitative estimate of drug-likeness (QED) is 0.638. The van der Waals surface area contributed by atoms with Crippen LogP contribution in [-0.2, 0) is 6.54 Å². The molecule has 2 N–H and O–H groups in total. The van der Waals surface area contributed by atoms with Crippen molar-refractivity contribution in [2.45, 2.75) is 13.0 Å². The number of hydrogen-bond donors (Lipinski definition) is 2. The number of benzene rings is 1. The van der Waals surface area contributed by atoms with Crippen molar-refractivity contribution in [3.63, 3.8) is 0 Å². The van der Waals surface area contributed by atoms with Crippen LogP contribution in [0.2, 0.25) is 0 Å². The molecule has 160 valence electrons. The first kappa shape index (κ1) is 20.7. The van der Waals surface area contributed by atoms with Gasteiger partial charge in [-0.1, -0.05) is 12.1 Å². The molecule has 3 aromatic rings. The molecule has 4 rings (SSSR count). The van der Waals surface area contributed by atoms with E-state index in [0.717, 1.165) is 49.7 Å². The molecule has 1 aliphatic rings. The lowest BCUT2D eigenvalue weighted by molar-refractivity contribution is 0.0951. The van der Waals surface area contributed by atoms with Crippen molar-refractivity contribution in [2.24, 2.45) is 0 Å². The molecule has 0 spiro atoms. The maximum atomic E-state index is 12.6. The number of hydrogen-bond acceptors (Lipinski definition) is 7. The van der Waals surface area contributed by atoms with Crippen LogP contribution < -0.4 is 15.5 Å². The lowest BCUT2D eigenvalue weighted by Gasteiger charge is -2.21. The van der Waals surface area contributed by atoms with Gasteiger partial charge in [-0.3, -0.25) is 4.79 Å². The fraction of sp³-hybridized carbons (Fsp3) is 0.304. The van der Waals surface area contributed by atoms with E-state index in [-0.39, 0.29) is 5.91 Å². The summed E-state index contributed by atoms with van der Waals surface area (Å²) < 4.78 is 0. The van der Waals surface area contributed by atoms with Gasteiger partial charge in [-0.2, -0.15) is 0 Å². The van der Waals surface area contributed by atoms with Crippen LogP contribution in [0.5, 0.6) is 0 Å². The minimum absolute atomic E-state index is 0.141. The van der Waals surface area contributed by atoms with Gasteiger partial charge in [0.15, 0.2) is 0 Å². The molecule has 8 heteroatoms. The van der Waals surface area contributed by atoms with Crippen molar-refractivity contribution in [2.75, 3.05) is 43.4 Å². The molecule has 1 amide bonds. The van der Waals surface area contributed by atoms with Gasteiger partial charge in [0.1, 0.15) is 5.82 Å². The van der Waals surface area contributed by atoms with Crippen LogP contribution in [0.1, 0.15) is 22.3 Å². The third kappa shape index (κ3) is 5.76. The Kier molecular flexibility index (Phi) is 6.68. The standard InChI is InChI=1S/C23H27N7O/c1-29-11-4-12-30(14-13-29)21-8-7-18(16-26-21)17-27-22(31)19-5-2-6-20(15-19)28-23-24-9-3-10-25-23/h2-3,5-10,15-16H,4,11-14,17H2,1H3,(H,27,31)(H,24,25,28). The van der Waals surface area contributed by atoms with E-state index in [1.807, 2.05) is 30.5 Å². The van der Waals surface area contributed by atoms with E-state index >= 15 is 0 Å². The Morgan fingerprint density at radius 2 is 1.87 bits per heavy atom. The highest BCUT2D eigenvalue weighted by molar-refractivity contribution is 5.95. The minimum atomic E-state index is -0.141. The van der Waals surface area contributed by atoms with Crippen molar-refractivity contribution >= 4 is 23.4 Å². The van der Waals surface area contributed by atoms with Crippen LogP contribution in [-0.4, -0.2) is 59.0 Å². The predicted molar refractivity (Wildman–Crippen MR) is 121 cm³/mol. The van der Waals surface area contributed by atoms with Crippen LogP contribution in [0.15, 0.2) is 61.1 Å². The van der Waals surface area contributed by atoms with Crippen molar-refractivity contribution < 1.29 is 4.79 Å². The Hall–Kier alpha value is -3.52.